The minimum Gasteiger partial charge on any atom is -0.481 e. The number of thioether (sulfide) groups is 1. The van der Waals surface area contributed by atoms with E-state index in [0.717, 1.165) is 0 Å². The molecule has 7 heteroatoms. The number of aliphatic carboxylic acids is 1. The van der Waals surface area contributed by atoms with E-state index >= 15 is 0 Å². The quantitative estimate of drug-likeness (QED) is 0.482. The second kappa shape index (κ2) is 9.00. The highest BCUT2D eigenvalue weighted by molar-refractivity contribution is 7.98. The third-order valence-electron chi connectivity index (χ3n) is 1.92. The van der Waals surface area contributed by atoms with E-state index < -0.39 is 23.9 Å². The summed E-state index contributed by atoms with van der Waals surface area (Å²) in [5.74, 6) is -1.75. The molecule has 98 valence electrons. The van der Waals surface area contributed by atoms with Crippen LogP contribution in [0.4, 0.5) is 0 Å². The van der Waals surface area contributed by atoms with E-state index in [0.29, 0.717) is 12.2 Å². The van der Waals surface area contributed by atoms with E-state index in [1.807, 2.05) is 6.26 Å². The molecule has 0 saturated heterocycles. The average Bonchev–Trinajstić information content (AvgIpc) is 2.25. The van der Waals surface area contributed by atoms with E-state index in [1.165, 1.54) is 0 Å². The number of carbonyl (C=O) groups excluding carboxylic acids is 2. The minimum atomic E-state index is -0.985. The zero-order valence-corrected chi connectivity index (χ0v) is 10.5. The highest BCUT2D eigenvalue weighted by Crippen LogP contribution is 2.03. The molecule has 0 rings (SSSR count). The normalized spacial score (nSPS) is 11.9. The van der Waals surface area contributed by atoms with Crippen molar-refractivity contribution in [3.8, 4) is 0 Å². The maximum atomic E-state index is 11.3. The molecule has 17 heavy (non-hydrogen) atoms. The molecule has 1 atom stereocenters. The third kappa shape index (κ3) is 8.70. The number of carbonyl (C=O) groups is 3. The molecule has 0 unspecified atom stereocenters. The summed E-state index contributed by atoms with van der Waals surface area (Å²) in [5.41, 5.74) is 5.49. The Morgan fingerprint density at radius 2 is 2.00 bits per heavy atom. The summed E-state index contributed by atoms with van der Waals surface area (Å²) in [6, 6.07) is -0.800. The van der Waals surface area contributed by atoms with Crippen molar-refractivity contribution >= 4 is 29.7 Å². The van der Waals surface area contributed by atoms with Crippen LogP contribution in [-0.2, 0) is 19.1 Å². The lowest BCUT2D eigenvalue weighted by Crippen LogP contribution is -2.34. The molecule has 0 aliphatic carbocycles. The number of nitrogens with two attached hydrogens (primary N) is 1. The Hall–Kier alpha value is -1.08. The van der Waals surface area contributed by atoms with Gasteiger partial charge >= 0.3 is 17.9 Å². The van der Waals surface area contributed by atoms with Gasteiger partial charge in [-0.25, -0.2) is 4.79 Å². The van der Waals surface area contributed by atoms with Crippen LogP contribution < -0.4 is 5.73 Å². The lowest BCUT2D eigenvalue weighted by atomic mass is 10.2. The number of esters is 2. The number of hydrogen-bond donors (Lipinski definition) is 2. The fourth-order valence-electron chi connectivity index (χ4n) is 0.986. The first kappa shape index (κ1) is 15.9. The molecule has 0 aromatic rings. The topological polar surface area (TPSA) is 107 Å². The lowest BCUT2D eigenvalue weighted by molar-refractivity contribution is -0.160. The Balaban J connectivity index is 3.79. The van der Waals surface area contributed by atoms with E-state index in [9.17, 15) is 14.4 Å². The van der Waals surface area contributed by atoms with Crippen molar-refractivity contribution in [1.29, 1.82) is 0 Å². The maximum Gasteiger partial charge on any atom is 0.330 e. The minimum absolute atomic E-state index is 0.0900. The summed E-state index contributed by atoms with van der Waals surface area (Å²) in [6.07, 6.45) is 2.27. The van der Waals surface area contributed by atoms with Gasteiger partial charge in [0.05, 0.1) is 0 Å². The SMILES string of the molecule is CSCC[C@H](N)C(=O)OC(=O)CCCC(=O)O. The molecular weight excluding hydrogens is 246 g/mol. The third-order valence-corrected chi connectivity index (χ3v) is 2.57. The second-order valence-electron chi connectivity index (χ2n) is 3.43. The Kier molecular flexibility index (Phi) is 8.43. The molecule has 0 radical (unpaired) electrons. The molecule has 0 heterocycles. The number of rotatable bonds is 8. The van der Waals surface area contributed by atoms with Gasteiger partial charge in [0.1, 0.15) is 6.04 Å². The highest BCUT2D eigenvalue weighted by atomic mass is 32.2. The summed E-state index contributed by atoms with van der Waals surface area (Å²) in [4.78, 5) is 32.6. The van der Waals surface area contributed by atoms with E-state index in [4.69, 9.17) is 10.8 Å². The Morgan fingerprint density at radius 1 is 1.35 bits per heavy atom. The molecular formula is C10H17NO5S. The molecule has 0 aliphatic rings. The molecule has 0 bridgehead atoms. The van der Waals surface area contributed by atoms with Gasteiger partial charge in [0, 0.05) is 12.8 Å². The van der Waals surface area contributed by atoms with Gasteiger partial charge in [0.15, 0.2) is 0 Å². The van der Waals surface area contributed by atoms with Crippen LogP contribution >= 0.6 is 11.8 Å². The molecule has 0 aliphatic heterocycles. The van der Waals surface area contributed by atoms with Crippen molar-refractivity contribution in [1.82, 2.24) is 0 Å². The second-order valence-corrected chi connectivity index (χ2v) is 4.41. The van der Waals surface area contributed by atoms with Gasteiger partial charge in [-0.1, -0.05) is 0 Å². The summed E-state index contributed by atoms with van der Waals surface area (Å²) in [6.45, 7) is 0. The molecule has 0 aromatic heterocycles. The van der Waals surface area contributed by atoms with E-state index in [1.54, 1.807) is 11.8 Å². The summed E-state index contributed by atoms with van der Waals surface area (Å²) in [5, 5.41) is 8.35. The molecule has 0 saturated carbocycles. The zero-order chi connectivity index (χ0) is 13.3. The van der Waals surface area contributed by atoms with E-state index in [2.05, 4.69) is 4.74 Å². The number of ether oxygens (including phenoxy) is 1. The van der Waals surface area contributed by atoms with Gasteiger partial charge in [-0.15, -0.1) is 0 Å². The van der Waals surface area contributed by atoms with Crippen LogP contribution in [0.25, 0.3) is 0 Å². The van der Waals surface area contributed by atoms with Crippen molar-refractivity contribution < 1.29 is 24.2 Å². The van der Waals surface area contributed by atoms with Gasteiger partial charge < -0.3 is 15.6 Å². The van der Waals surface area contributed by atoms with Gasteiger partial charge in [0.2, 0.25) is 0 Å². The van der Waals surface area contributed by atoms with Crippen molar-refractivity contribution in [2.75, 3.05) is 12.0 Å². The summed E-state index contributed by atoms with van der Waals surface area (Å²) < 4.78 is 4.49. The Bertz CT molecular complexity index is 282. The monoisotopic (exact) mass is 263 g/mol. The standard InChI is InChI=1S/C10H17NO5S/c1-17-6-5-7(11)10(15)16-9(14)4-2-3-8(12)13/h7H,2-6,11H2,1H3,(H,12,13)/t7-/m0/s1. The maximum absolute atomic E-state index is 11.3. The smallest absolute Gasteiger partial charge is 0.330 e. The fraction of sp³-hybridized carbons (Fsp3) is 0.700. The van der Waals surface area contributed by atoms with Crippen LogP contribution in [0.1, 0.15) is 25.7 Å². The molecule has 0 spiro atoms. The zero-order valence-electron chi connectivity index (χ0n) is 9.68. The predicted octanol–water partition coefficient (Wildman–Crippen LogP) is 0.391. The highest BCUT2D eigenvalue weighted by Gasteiger charge is 2.18. The first-order valence-corrected chi connectivity index (χ1v) is 6.57. The molecule has 0 fully saturated rings. The molecule has 6 nitrogen and oxygen atoms in total. The van der Waals surface area contributed by atoms with Crippen molar-refractivity contribution in [2.45, 2.75) is 31.7 Å². The van der Waals surface area contributed by atoms with Gasteiger partial charge in [0.25, 0.3) is 0 Å². The average molecular weight is 263 g/mol. The van der Waals surface area contributed by atoms with Crippen LogP contribution in [0.5, 0.6) is 0 Å². The van der Waals surface area contributed by atoms with Crippen LogP contribution in [0.2, 0.25) is 0 Å². The van der Waals surface area contributed by atoms with E-state index in [-0.39, 0.29) is 19.3 Å². The molecule has 0 aromatic carbocycles. The predicted molar refractivity (Wildman–Crippen MR) is 63.6 cm³/mol. The molecule has 3 N–H and O–H groups in total. The van der Waals surface area contributed by atoms with Crippen LogP contribution in [0, 0.1) is 0 Å². The van der Waals surface area contributed by atoms with Crippen molar-refractivity contribution in [3.05, 3.63) is 0 Å². The first-order valence-electron chi connectivity index (χ1n) is 5.18. The van der Waals surface area contributed by atoms with Gasteiger partial charge in [-0.2, -0.15) is 11.8 Å². The first-order chi connectivity index (χ1) is 7.97. The largest absolute Gasteiger partial charge is 0.481 e. The Labute approximate surface area is 104 Å². The van der Waals surface area contributed by atoms with Crippen molar-refractivity contribution in [2.24, 2.45) is 5.73 Å². The van der Waals surface area contributed by atoms with Gasteiger partial charge in [-0.3, -0.25) is 9.59 Å². The van der Waals surface area contributed by atoms with Crippen LogP contribution in [-0.4, -0.2) is 41.1 Å². The van der Waals surface area contributed by atoms with Crippen LogP contribution in [0.15, 0.2) is 0 Å². The Morgan fingerprint density at radius 3 is 2.53 bits per heavy atom. The summed E-state index contributed by atoms with van der Waals surface area (Å²) in [7, 11) is 0. The lowest BCUT2D eigenvalue weighted by Gasteiger charge is -2.09. The van der Waals surface area contributed by atoms with Gasteiger partial charge in [-0.05, 0) is 24.9 Å². The number of carboxylic acid groups (broad SMARTS) is 1. The summed E-state index contributed by atoms with van der Waals surface area (Å²) >= 11 is 1.55. The molecule has 0 amide bonds. The van der Waals surface area contributed by atoms with Crippen molar-refractivity contribution in [3.63, 3.8) is 0 Å². The number of carboxylic acids is 1. The number of hydrogen-bond acceptors (Lipinski definition) is 6. The van der Waals surface area contributed by atoms with Crippen LogP contribution in [0.3, 0.4) is 0 Å². The fourth-order valence-corrected chi connectivity index (χ4v) is 1.48.